The molecule has 0 aliphatic heterocycles. The van der Waals surface area contributed by atoms with E-state index >= 15 is 0 Å². The van der Waals surface area contributed by atoms with Gasteiger partial charge in [-0.15, -0.1) is 0 Å². The Hall–Kier alpha value is -2.57. The Morgan fingerprint density at radius 2 is 1.90 bits per heavy atom. The third-order valence-corrected chi connectivity index (χ3v) is 4.36. The quantitative estimate of drug-likeness (QED) is 0.401. The van der Waals surface area contributed by atoms with E-state index in [1.54, 1.807) is 0 Å². The summed E-state index contributed by atoms with van der Waals surface area (Å²) in [4.78, 5) is 6.75. The Balaban J connectivity index is 1.85. The average Bonchev–Trinajstić information content (AvgIpc) is 2.72. The van der Waals surface area contributed by atoms with Crippen molar-refractivity contribution in [3.05, 3.63) is 65.7 Å². The maximum atomic E-state index is 10.3. The molecule has 6 nitrogen and oxygen atoms in total. The van der Waals surface area contributed by atoms with E-state index in [1.165, 1.54) is 0 Å². The van der Waals surface area contributed by atoms with Crippen molar-refractivity contribution >= 4 is 5.96 Å². The summed E-state index contributed by atoms with van der Waals surface area (Å²) in [6, 6.07) is 17.8. The lowest BCUT2D eigenvalue weighted by atomic mass is 10.1. The zero-order valence-corrected chi connectivity index (χ0v) is 17.8. The van der Waals surface area contributed by atoms with Gasteiger partial charge < -0.3 is 25.4 Å². The van der Waals surface area contributed by atoms with Crippen LogP contribution in [-0.4, -0.2) is 56.3 Å². The molecule has 0 radical (unpaired) electrons. The molecule has 0 saturated heterocycles. The summed E-state index contributed by atoms with van der Waals surface area (Å²) in [5.74, 6) is 1.61. The summed E-state index contributed by atoms with van der Waals surface area (Å²) < 4.78 is 5.80. The molecule has 0 aromatic heterocycles. The minimum atomic E-state index is -0.484. The van der Waals surface area contributed by atoms with Crippen molar-refractivity contribution in [3.63, 3.8) is 0 Å². The first-order valence-electron chi connectivity index (χ1n) is 10.2. The Labute approximate surface area is 174 Å². The number of guanidine groups is 1. The van der Waals surface area contributed by atoms with Crippen LogP contribution < -0.4 is 15.4 Å². The third-order valence-electron chi connectivity index (χ3n) is 4.36. The van der Waals surface area contributed by atoms with Crippen LogP contribution in [0.15, 0.2) is 59.6 Å². The number of likely N-dealkylation sites (N-methyl/N-ethyl adjacent to an activating group) is 1. The second-order valence-corrected chi connectivity index (χ2v) is 7.14. The fraction of sp³-hybridized carbons (Fsp3) is 0.435. The highest BCUT2D eigenvalue weighted by atomic mass is 16.5. The van der Waals surface area contributed by atoms with Crippen molar-refractivity contribution in [3.8, 4) is 5.75 Å². The van der Waals surface area contributed by atoms with Crippen LogP contribution >= 0.6 is 0 Å². The number of benzene rings is 2. The Morgan fingerprint density at radius 1 is 1.10 bits per heavy atom. The number of rotatable bonds is 11. The van der Waals surface area contributed by atoms with Gasteiger partial charge in [-0.2, -0.15) is 0 Å². The van der Waals surface area contributed by atoms with Gasteiger partial charge in [0.1, 0.15) is 12.4 Å². The fourth-order valence-electron chi connectivity index (χ4n) is 2.76. The predicted octanol–water partition coefficient (Wildman–Crippen LogP) is 2.81. The van der Waals surface area contributed by atoms with Crippen LogP contribution in [0.4, 0.5) is 0 Å². The topological polar surface area (TPSA) is 69.1 Å². The first-order chi connectivity index (χ1) is 14.1. The molecule has 3 N–H and O–H groups in total. The maximum absolute atomic E-state index is 10.3. The second-order valence-electron chi connectivity index (χ2n) is 7.14. The van der Waals surface area contributed by atoms with E-state index in [9.17, 15) is 5.11 Å². The highest BCUT2D eigenvalue weighted by Crippen LogP contribution is 2.15. The number of aliphatic imine (C=N–C) groups is 1. The van der Waals surface area contributed by atoms with Gasteiger partial charge in [-0.05, 0) is 50.7 Å². The predicted molar refractivity (Wildman–Crippen MR) is 119 cm³/mol. The number of aliphatic hydroxyl groups excluding tert-OH is 1. The molecule has 158 valence electrons. The molecule has 29 heavy (non-hydrogen) atoms. The van der Waals surface area contributed by atoms with Gasteiger partial charge in [-0.25, -0.2) is 4.99 Å². The molecular weight excluding hydrogens is 364 g/mol. The van der Waals surface area contributed by atoms with E-state index in [0.717, 1.165) is 35.9 Å². The molecule has 0 spiro atoms. The van der Waals surface area contributed by atoms with E-state index in [2.05, 4.69) is 20.5 Å². The van der Waals surface area contributed by atoms with Crippen molar-refractivity contribution in [2.45, 2.75) is 26.0 Å². The van der Waals surface area contributed by atoms with Gasteiger partial charge in [-0.3, -0.25) is 0 Å². The standard InChI is InChI=1S/C23H34N4O2/c1-4-24-23(25-14-13-22(28)20-10-6-5-7-11-20)26-18-19-9-8-12-21(17-19)29-16-15-27(2)3/h5-12,17,22,28H,4,13-16,18H2,1-3H3,(H2,24,25,26). The largest absolute Gasteiger partial charge is 0.492 e. The van der Waals surface area contributed by atoms with E-state index < -0.39 is 6.10 Å². The van der Waals surface area contributed by atoms with E-state index in [1.807, 2.05) is 75.6 Å². The van der Waals surface area contributed by atoms with E-state index in [-0.39, 0.29) is 0 Å². The zero-order chi connectivity index (χ0) is 20.9. The van der Waals surface area contributed by atoms with Crippen LogP contribution in [-0.2, 0) is 6.54 Å². The van der Waals surface area contributed by atoms with Crippen molar-refractivity contribution in [2.24, 2.45) is 4.99 Å². The van der Waals surface area contributed by atoms with Crippen molar-refractivity contribution < 1.29 is 9.84 Å². The highest BCUT2D eigenvalue weighted by Gasteiger charge is 2.07. The number of hydrogen-bond donors (Lipinski definition) is 3. The van der Waals surface area contributed by atoms with Gasteiger partial charge in [0.05, 0.1) is 12.6 Å². The van der Waals surface area contributed by atoms with Crippen LogP contribution in [0.3, 0.4) is 0 Å². The van der Waals surface area contributed by atoms with E-state index in [4.69, 9.17) is 4.74 Å². The van der Waals surface area contributed by atoms with Crippen molar-refractivity contribution in [2.75, 3.05) is 40.3 Å². The number of ether oxygens (including phenoxy) is 1. The normalized spacial score (nSPS) is 12.7. The minimum absolute atomic E-state index is 0.484. The van der Waals surface area contributed by atoms with Gasteiger partial charge in [-0.1, -0.05) is 42.5 Å². The minimum Gasteiger partial charge on any atom is -0.492 e. The first kappa shape index (κ1) is 22.7. The number of hydrogen-bond acceptors (Lipinski definition) is 4. The van der Waals surface area contributed by atoms with Gasteiger partial charge >= 0.3 is 0 Å². The van der Waals surface area contributed by atoms with Crippen LogP contribution in [0.2, 0.25) is 0 Å². The van der Waals surface area contributed by atoms with Gasteiger partial charge in [0.15, 0.2) is 5.96 Å². The maximum Gasteiger partial charge on any atom is 0.191 e. The lowest BCUT2D eigenvalue weighted by Crippen LogP contribution is -2.38. The monoisotopic (exact) mass is 398 g/mol. The molecule has 1 unspecified atom stereocenters. The molecular formula is C23H34N4O2. The number of nitrogens with one attached hydrogen (secondary N) is 2. The lowest BCUT2D eigenvalue weighted by molar-refractivity contribution is 0.168. The Bertz CT molecular complexity index is 735. The molecule has 0 saturated carbocycles. The summed E-state index contributed by atoms with van der Waals surface area (Å²) in [5.41, 5.74) is 2.02. The Morgan fingerprint density at radius 3 is 2.62 bits per heavy atom. The van der Waals surface area contributed by atoms with Gasteiger partial charge in [0.2, 0.25) is 0 Å². The highest BCUT2D eigenvalue weighted by molar-refractivity contribution is 5.79. The van der Waals surface area contributed by atoms with Crippen LogP contribution in [0, 0.1) is 0 Å². The third kappa shape index (κ3) is 8.98. The molecule has 0 heterocycles. The van der Waals surface area contributed by atoms with Crippen LogP contribution in [0.5, 0.6) is 5.75 Å². The second kappa shape index (κ2) is 12.8. The summed E-state index contributed by atoms with van der Waals surface area (Å²) in [6.07, 6.45) is 0.131. The number of nitrogens with zero attached hydrogens (tertiary/aromatic N) is 2. The summed E-state index contributed by atoms with van der Waals surface area (Å²) >= 11 is 0. The molecule has 2 aromatic rings. The smallest absolute Gasteiger partial charge is 0.191 e. The SMILES string of the molecule is CCNC(=NCc1cccc(OCCN(C)C)c1)NCCC(O)c1ccccc1. The van der Waals surface area contributed by atoms with Crippen molar-refractivity contribution in [1.82, 2.24) is 15.5 Å². The number of aliphatic hydroxyl groups is 1. The molecule has 2 aromatic carbocycles. The summed E-state index contributed by atoms with van der Waals surface area (Å²) in [5, 5.41) is 16.8. The first-order valence-corrected chi connectivity index (χ1v) is 10.2. The van der Waals surface area contributed by atoms with Gasteiger partial charge in [0, 0.05) is 19.6 Å². The Kier molecular flexibility index (Phi) is 10.0. The van der Waals surface area contributed by atoms with Crippen LogP contribution in [0.25, 0.3) is 0 Å². The summed E-state index contributed by atoms with van der Waals surface area (Å²) in [7, 11) is 4.06. The molecule has 2 rings (SSSR count). The molecule has 0 amide bonds. The molecule has 0 bridgehead atoms. The molecule has 0 aliphatic carbocycles. The van der Waals surface area contributed by atoms with E-state index in [0.29, 0.717) is 26.1 Å². The van der Waals surface area contributed by atoms with Gasteiger partial charge in [0.25, 0.3) is 0 Å². The van der Waals surface area contributed by atoms with Crippen molar-refractivity contribution in [1.29, 1.82) is 0 Å². The molecule has 1 atom stereocenters. The molecule has 0 fully saturated rings. The fourth-order valence-corrected chi connectivity index (χ4v) is 2.76. The molecule has 6 heteroatoms. The average molecular weight is 399 g/mol. The lowest BCUT2D eigenvalue weighted by Gasteiger charge is -2.14. The molecule has 0 aliphatic rings. The zero-order valence-electron chi connectivity index (χ0n) is 17.8. The summed E-state index contributed by atoms with van der Waals surface area (Å²) in [6.45, 7) is 5.55. The van der Waals surface area contributed by atoms with Crippen LogP contribution in [0.1, 0.15) is 30.6 Å².